The van der Waals surface area contributed by atoms with Crippen LogP contribution < -0.4 is 9.64 Å². The Labute approximate surface area is 142 Å². The summed E-state index contributed by atoms with van der Waals surface area (Å²) in [6.45, 7) is 3.31. The molecule has 0 bridgehead atoms. The lowest BCUT2D eigenvalue weighted by atomic mass is 10.3. The molecule has 6 nitrogen and oxygen atoms in total. The lowest BCUT2D eigenvalue weighted by molar-refractivity contribution is 0.0763. The topological polar surface area (TPSA) is 50.6 Å². The minimum Gasteiger partial charge on any atom is -0.485 e. The summed E-state index contributed by atoms with van der Waals surface area (Å²) in [5.74, 6) is 1.63. The lowest BCUT2D eigenvalue weighted by Gasteiger charge is -2.20. The third-order valence-electron chi connectivity index (χ3n) is 4.49. The van der Waals surface area contributed by atoms with Gasteiger partial charge in [-0.25, -0.2) is 4.98 Å². The summed E-state index contributed by atoms with van der Waals surface area (Å²) in [5, 5.41) is 0. The van der Waals surface area contributed by atoms with E-state index >= 15 is 0 Å². The number of likely N-dealkylation sites (tertiary alicyclic amines) is 1. The SMILES string of the molecule is Cc1ccc(C(=O)N2CC[C@@H](Oc3cccnc3N(C)C)C2)n1C. The Bertz CT molecular complexity index is 738. The highest BCUT2D eigenvalue weighted by Crippen LogP contribution is 2.27. The predicted octanol–water partition coefficient (Wildman–Crippen LogP) is 2.09. The summed E-state index contributed by atoms with van der Waals surface area (Å²) in [6.07, 6.45) is 2.58. The van der Waals surface area contributed by atoms with E-state index < -0.39 is 0 Å². The highest BCUT2D eigenvalue weighted by atomic mass is 16.5. The van der Waals surface area contributed by atoms with E-state index in [4.69, 9.17) is 4.74 Å². The number of amides is 1. The number of carbonyl (C=O) groups excluding carboxylic acids is 1. The normalized spacial score (nSPS) is 17.2. The number of aryl methyl sites for hydroxylation is 1. The van der Waals surface area contributed by atoms with Gasteiger partial charge in [0, 0.05) is 46.0 Å². The van der Waals surface area contributed by atoms with Crippen LogP contribution in [0, 0.1) is 6.92 Å². The first-order valence-corrected chi connectivity index (χ1v) is 8.18. The van der Waals surface area contributed by atoms with Crippen LogP contribution in [-0.2, 0) is 7.05 Å². The van der Waals surface area contributed by atoms with Crippen LogP contribution in [0.5, 0.6) is 5.75 Å². The van der Waals surface area contributed by atoms with Crippen molar-refractivity contribution in [3.63, 3.8) is 0 Å². The van der Waals surface area contributed by atoms with Gasteiger partial charge in [-0.15, -0.1) is 0 Å². The standard InChI is InChI=1S/C18H24N4O2/c1-13-7-8-15(21(13)4)18(23)22-11-9-14(12-22)24-16-6-5-10-19-17(16)20(2)3/h5-8,10,14H,9,11-12H2,1-4H3/t14-/m1/s1. The average molecular weight is 328 g/mol. The lowest BCUT2D eigenvalue weighted by Crippen LogP contribution is -2.32. The van der Waals surface area contributed by atoms with Gasteiger partial charge in [0.15, 0.2) is 11.6 Å². The van der Waals surface area contributed by atoms with E-state index in [1.54, 1.807) is 6.20 Å². The second kappa shape index (κ2) is 6.55. The van der Waals surface area contributed by atoms with Crippen molar-refractivity contribution in [2.75, 3.05) is 32.1 Å². The first-order chi connectivity index (χ1) is 11.5. The number of hydrogen-bond acceptors (Lipinski definition) is 4. The predicted molar refractivity (Wildman–Crippen MR) is 93.7 cm³/mol. The molecule has 1 atom stereocenters. The molecule has 3 rings (SSSR count). The molecule has 0 unspecified atom stereocenters. The van der Waals surface area contributed by atoms with Gasteiger partial charge in [-0.3, -0.25) is 4.79 Å². The molecule has 2 aromatic heterocycles. The van der Waals surface area contributed by atoms with Gasteiger partial charge in [-0.1, -0.05) is 0 Å². The van der Waals surface area contributed by atoms with Crippen LogP contribution in [0.25, 0.3) is 0 Å². The van der Waals surface area contributed by atoms with E-state index in [0.717, 1.165) is 29.4 Å². The molecule has 128 valence electrons. The van der Waals surface area contributed by atoms with E-state index in [1.807, 2.05) is 66.7 Å². The van der Waals surface area contributed by atoms with Crippen molar-refractivity contribution < 1.29 is 9.53 Å². The van der Waals surface area contributed by atoms with E-state index in [0.29, 0.717) is 13.1 Å². The second-order valence-electron chi connectivity index (χ2n) is 6.42. The summed E-state index contributed by atoms with van der Waals surface area (Å²) >= 11 is 0. The van der Waals surface area contributed by atoms with Crippen LogP contribution in [0.4, 0.5) is 5.82 Å². The van der Waals surface area contributed by atoms with Crippen molar-refractivity contribution in [2.45, 2.75) is 19.4 Å². The monoisotopic (exact) mass is 328 g/mol. The van der Waals surface area contributed by atoms with Crippen LogP contribution in [0.15, 0.2) is 30.5 Å². The molecule has 2 aromatic rings. The molecule has 0 aromatic carbocycles. The molecule has 0 saturated carbocycles. The minimum absolute atomic E-state index is 0.00165. The quantitative estimate of drug-likeness (QED) is 0.862. The molecule has 3 heterocycles. The Morgan fingerprint density at radius 3 is 2.79 bits per heavy atom. The zero-order valence-electron chi connectivity index (χ0n) is 14.7. The van der Waals surface area contributed by atoms with Gasteiger partial charge in [0.2, 0.25) is 0 Å². The molecule has 1 aliphatic heterocycles. The van der Waals surface area contributed by atoms with E-state index in [9.17, 15) is 4.79 Å². The van der Waals surface area contributed by atoms with Crippen LogP contribution in [0.2, 0.25) is 0 Å². The van der Waals surface area contributed by atoms with Gasteiger partial charge in [-0.2, -0.15) is 0 Å². The van der Waals surface area contributed by atoms with Gasteiger partial charge < -0.3 is 19.1 Å². The third kappa shape index (κ3) is 3.09. The summed E-state index contributed by atoms with van der Waals surface area (Å²) in [5.41, 5.74) is 1.81. The molecule has 24 heavy (non-hydrogen) atoms. The Hall–Kier alpha value is -2.50. The fourth-order valence-corrected chi connectivity index (χ4v) is 2.99. The largest absolute Gasteiger partial charge is 0.485 e. The molecule has 1 fully saturated rings. The van der Waals surface area contributed by atoms with Gasteiger partial charge in [-0.05, 0) is 31.2 Å². The number of rotatable bonds is 4. The molecule has 6 heteroatoms. The van der Waals surface area contributed by atoms with Crippen molar-refractivity contribution >= 4 is 11.7 Å². The average Bonchev–Trinajstić information content (AvgIpc) is 3.15. The third-order valence-corrected chi connectivity index (χ3v) is 4.49. The van der Waals surface area contributed by atoms with Gasteiger partial charge in [0.1, 0.15) is 11.8 Å². The summed E-state index contributed by atoms with van der Waals surface area (Å²) < 4.78 is 8.05. The maximum absolute atomic E-state index is 12.7. The van der Waals surface area contributed by atoms with Crippen molar-refractivity contribution in [2.24, 2.45) is 7.05 Å². The number of ether oxygens (including phenoxy) is 1. The molecule has 1 amide bonds. The highest BCUT2D eigenvalue weighted by Gasteiger charge is 2.30. The number of carbonyl (C=O) groups is 1. The van der Waals surface area contributed by atoms with Crippen molar-refractivity contribution in [3.8, 4) is 5.75 Å². The zero-order chi connectivity index (χ0) is 17.3. The maximum atomic E-state index is 12.7. The molecule has 0 radical (unpaired) electrons. The highest BCUT2D eigenvalue weighted by molar-refractivity contribution is 5.93. The first-order valence-electron chi connectivity index (χ1n) is 8.18. The zero-order valence-corrected chi connectivity index (χ0v) is 14.7. The number of hydrogen-bond donors (Lipinski definition) is 0. The molecular weight excluding hydrogens is 304 g/mol. The van der Waals surface area contributed by atoms with Crippen molar-refractivity contribution in [1.82, 2.24) is 14.5 Å². The van der Waals surface area contributed by atoms with Crippen molar-refractivity contribution in [3.05, 3.63) is 41.9 Å². The fourth-order valence-electron chi connectivity index (χ4n) is 2.99. The fraction of sp³-hybridized carbons (Fsp3) is 0.444. The van der Waals surface area contributed by atoms with Crippen LogP contribution in [0.1, 0.15) is 22.6 Å². The number of anilines is 1. The Morgan fingerprint density at radius 1 is 1.33 bits per heavy atom. The maximum Gasteiger partial charge on any atom is 0.270 e. The Balaban J connectivity index is 1.68. The summed E-state index contributed by atoms with van der Waals surface area (Å²) in [6, 6.07) is 7.65. The van der Waals surface area contributed by atoms with Crippen molar-refractivity contribution in [1.29, 1.82) is 0 Å². The number of aromatic nitrogens is 2. The van der Waals surface area contributed by atoms with Gasteiger partial charge >= 0.3 is 0 Å². The van der Waals surface area contributed by atoms with Crippen LogP contribution >= 0.6 is 0 Å². The number of pyridine rings is 1. The minimum atomic E-state index is -0.00165. The van der Waals surface area contributed by atoms with E-state index in [1.165, 1.54) is 0 Å². The summed E-state index contributed by atoms with van der Waals surface area (Å²) in [4.78, 5) is 20.8. The molecular formula is C18H24N4O2. The second-order valence-corrected chi connectivity index (χ2v) is 6.42. The number of nitrogens with zero attached hydrogens (tertiary/aromatic N) is 4. The smallest absolute Gasteiger partial charge is 0.270 e. The van der Waals surface area contributed by atoms with Gasteiger partial charge in [0.25, 0.3) is 5.91 Å². The van der Waals surface area contributed by atoms with Crippen LogP contribution in [-0.4, -0.2) is 53.6 Å². The first kappa shape index (κ1) is 16.4. The summed E-state index contributed by atoms with van der Waals surface area (Å²) in [7, 11) is 5.81. The molecule has 1 saturated heterocycles. The van der Waals surface area contributed by atoms with E-state index in [2.05, 4.69) is 4.98 Å². The van der Waals surface area contributed by atoms with Crippen LogP contribution in [0.3, 0.4) is 0 Å². The van der Waals surface area contributed by atoms with E-state index in [-0.39, 0.29) is 12.0 Å². The van der Waals surface area contributed by atoms with Gasteiger partial charge in [0.05, 0.1) is 6.54 Å². The molecule has 0 aliphatic carbocycles. The Morgan fingerprint density at radius 2 is 2.12 bits per heavy atom. The molecule has 0 N–H and O–H groups in total. The Kier molecular flexibility index (Phi) is 4.46. The molecule has 1 aliphatic rings. The molecule has 0 spiro atoms.